The summed E-state index contributed by atoms with van der Waals surface area (Å²) in [5.41, 5.74) is 2.42. The number of rotatable bonds is 3. The first-order valence-electron chi connectivity index (χ1n) is 5.71. The predicted octanol–water partition coefficient (Wildman–Crippen LogP) is 4.87. The van der Waals surface area contributed by atoms with Crippen molar-refractivity contribution in [2.24, 2.45) is 0 Å². The summed E-state index contributed by atoms with van der Waals surface area (Å²) in [7, 11) is 0. The van der Waals surface area contributed by atoms with Crippen LogP contribution in [-0.2, 0) is 5.75 Å². The van der Waals surface area contributed by atoms with Gasteiger partial charge in [-0.3, -0.25) is 0 Å². The molecule has 3 heteroatoms. The molecular weight excluding hydrogens is 250 g/mol. The fourth-order valence-corrected chi connectivity index (χ4v) is 2.82. The van der Waals surface area contributed by atoms with E-state index in [-0.39, 0.29) is 5.56 Å². The SMILES string of the molecule is Cc1ccc(C)c(SCc2c(F)cccc2F)c1. The Labute approximate surface area is 110 Å². The van der Waals surface area contributed by atoms with Crippen LogP contribution in [0.1, 0.15) is 16.7 Å². The molecular formula is C15H14F2S. The van der Waals surface area contributed by atoms with Crippen LogP contribution in [0.25, 0.3) is 0 Å². The largest absolute Gasteiger partial charge is 0.207 e. The van der Waals surface area contributed by atoms with Crippen LogP contribution in [0, 0.1) is 25.5 Å². The zero-order valence-corrected chi connectivity index (χ0v) is 11.2. The van der Waals surface area contributed by atoms with E-state index in [9.17, 15) is 8.78 Å². The second-order valence-electron chi connectivity index (χ2n) is 4.26. The Morgan fingerprint density at radius 2 is 1.67 bits per heavy atom. The zero-order valence-electron chi connectivity index (χ0n) is 10.3. The van der Waals surface area contributed by atoms with E-state index < -0.39 is 11.6 Å². The van der Waals surface area contributed by atoms with Crippen molar-refractivity contribution in [1.82, 2.24) is 0 Å². The van der Waals surface area contributed by atoms with Gasteiger partial charge in [-0.05, 0) is 37.6 Å². The summed E-state index contributed by atoms with van der Waals surface area (Å²) in [6, 6.07) is 10.1. The quantitative estimate of drug-likeness (QED) is 0.712. The predicted molar refractivity (Wildman–Crippen MR) is 71.8 cm³/mol. The molecule has 2 rings (SSSR count). The topological polar surface area (TPSA) is 0 Å². The average molecular weight is 264 g/mol. The highest BCUT2D eigenvalue weighted by molar-refractivity contribution is 7.98. The van der Waals surface area contributed by atoms with Crippen LogP contribution in [0.3, 0.4) is 0 Å². The van der Waals surface area contributed by atoms with Gasteiger partial charge >= 0.3 is 0 Å². The lowest BCUT2D eigenvalue weighted by atomic mass is 10.2. The molecule has 0 N–H and O–H groups in total. The third-order valence-electron chi connectivity index (χ3n) is 2.78. The van der Waals surface area contributed by atoms with Crippen molar-refractivity contribution in [3.63, 3.8) is 0 Å². The molecule has 0 unspecified atom stereocenters. The second kappa shape index (κ2) is 5.53. The number of halogens is 2. The number of hydrogen-bond donors (Lipinski definition) is 0. The Morgan fingerprint density at radius 1 is 1.00 bits per heavy atom. The zero-order chi connectivity index (χ0) is 13.1. The third-order valence-corrected chi connectivity index (χ3v) is 3.96. The summed E-state index contributed by atoms with van der Waals surface area (Å²) in [5.74, 6) is -0.649. The van der Waals surface area contributed by atoms with Gasteiger partial charge in [-0.25, -0.2) is 8.78 Å². The lowest BCUT2D eigenvalue weighted by Crippen LogP contribution is -1.93. The lowest BCUT2D eigenvalue weighted by Gasteiger charge is -2.08. The summed E-state index contributed by atoms with van der Waals surface area (Å²) in [6.07, 6.45) is 0. The highest BCUT2D eigenvalue weighted by Crippen LogP contribution is 2.28. The van der Waals surface area contributed by atoms with E-state index >= 15 is 0 Å². The van der Waals surface area contributed by atoms with Crippen molar-refractivity contribution >= 4 is 11.8 Å². The van der Waals surface area contributed by atoms with E-state index in [2.05, 4.69) is 0 Å². The number of hydrogen-bond acceptors (Lipinski definition) is 1. The summed E-state index contributed by atoms with van der Waals surface area (Å²) in [5, 5.41) is 0. The van der Waals surface area contributed by atoms with Gasteiger partial charge in [-0.2, -0.15) is 0 Å². The van der Waals surface area contributed by atoms with Gasteiger partial charge in [0.25, 0.3) is 0 Å². The molecule has 94 valence electrons. The van der Waals surface area contributed by atoms with Crippen molar-refractivity contribution in [2.75, 3.05) is 0 Å². The molecule has 2 aromatic rings. The first kappa shape index (κ1) is 13.1. The van der Waals surface area contributed by atoms with Crippen LogP contribution < -0.4 is 0 Å². The Bertz CT molecular complexity index is 544. The fraction of sp³-hybridized carbons (Fsp3) is 0.200. The van der Waals surface area contributed by atoms with Crippen LogP contribution >= 0.6 is 11.8 Å². The van der Waals surface area contributed by atoms with Gasteiger partial charge in [0.05, 0.1) is 0 Å². The Balaban J connectivity index is 2.19. The molecule has 0 radical (unpaired) electrons. The van der Waals surface area contributed by atoms with Gasteiger partial charge in [0.1, 0.15) is 11.6 Å². The maximum atomic E-state index is 13.5. The van der Waals surface area contributed by atoms with Gasteiger partial charge in [-0.15, -0.1) is 11.8 Å². The van der Waals surface area contributed by atoms with E-state index in [0.29, 0.717) is 5.75 Å². The second-order valence-corrected chi connectivity index (χ2v) is 5.28. The van der Waals surface area contributed by atoms with E-state index in [1.165, 1.54) is 30.0 Å². The Hall–Kier alpha value is -1.35. The van der Waals surface area contributed by atoms with E-state index in [1.54, 1.807) is 0 Å². The summed E-state index contributed by atoms with van der Waals surface area (Å²) >= 11 is 1.46. The highest BCUT2D eigenvalue weighted by Gasteiger charge is 2.09. The molecule has 0 atom stereocenters. The molecule has 18 heavy (non-hydrogen) atoms. The summed E-state index contributed by atoms with van der Waals surface area (Å²) in [6.45, 7) is 4.01. The van der Waals surface area contributed by atoms with Gasteiger partial charge in [0.2, 0.25) is 0 Å². The van der Waals surface area contributed by atoms with Crippen LogP contribution in [-0.4, -0.2) is 0 Å². The molecule has 0 fully saturated rings. The monoisotopic (exact) mass is 264 g/mol. The first-order valence-corrected chi connectivity index (χ1v) is 6.69. The molecule has 0 nitrogen and oxygen atoms in total. The molecule has 0 saturated heterocycles. The van der Waals surface area contributed by atoms with Gasteiger partial charge in [0, 0.05) is 16.2 Å². The first-order chi connectivity index (χ1) is 8.58. The maximum Gasteiger partial charge on any atom is 0.130 e. The molecule has 0 saturated carbocycles. The summed E-state index contributed by atoms with van der Waals surface area (Å²) < 4.78 is 27.0. The Kier molecular flexibility index (Phi) is 4.02. The van der Waals surface area contributed by atoms with Crippen LogP contribution in [0.15, 0.2) is 41.3 Å². The van der Waals surface area contributed by atoms with Gasteiger partial charge < -0.3 is 0 Å². The van der Waals surface area contributed by atoms with Crippen molar-refractivity contribution in [1.29, 1.82) is 0 Å². The molecule has 0 heterocycles. The Morgan fingerprint density at radius 3 is 2.33 bits per heavy atom. The molecule has 0 aliphatic heterocycles. The molecule has 0 bridgehead atoms. The van der Waals surface area contributed by atoms with Crippen LogP contribution in [0.4, 0.5) is 8.78 Å². The fourth-order valence-electron chi connectivity index (χ4n) is 1.68. The van der Waals surface area contributed by atoms with Crippen LogP contribution in [0.5, 0.6) is 0 Å². The average Bonchev–Trinajstić information content (AvgIpc) is 2.33. The highest BCUT2D eigenvalue weighted by atomic mass is 32.2. The smallest absolute Gasteiger partial charge is 0.130 e. The van der Waals surface area contributed by atoms with E-state index in [4.69, 9.17) is 0 Å². The van der Waals surface area contributed by atoms with E-state index in [1.807, 2.05) is 32.0 Å². The van der Waals surface area contributed by atoms with E-state index in [0.717, 1.165) is 16.0 Å². The molecule has 0 amide bonds. The minimum atomic E-state index is -0.479. The lowest BCUT2D eigenvalue weighted by molar-refractivity contribution is 0.566. The summed E-state index contributed by atoms with van der Waals surface area (Å²) in [4.78, 5) is 1.07. The third kappa shape index (κ3) is 2.91. The number of thioether (sulfide) groups is 1. The molecule has 0 spiro atoms. The van der Waals surface area contributed by atoms with Crippen LogP contribution in [0.2, 0.25) is 0 Å². The number of benzene rings is 2. The van der Waals surface area contributed by atoms with Crippen molar-refractivity contribution in [3.05, 3.63) is 64.7 Å². The normalized spacial score (nSPS) is 10.7. The molecule has 2 aromatic carbocycles. The molecule has 0 aromatic heterocycles. The molecule has 0 aliphatic rings. The van der Waals surface area contributed by atoms with Crippen molar-refractivity contribution < 1.29 is 8.78 Å². The minimum Gasteiger partial charge on any atom is -0.207 e. The van der Waals surface area contributed by atoms with Crippen molar-refractivity contribution in [3.8, 4) is 0 Å². The van der Waals surface area contributed by atoms with Crippen molar-refractivity contribution in [2.45, 2.75) is 24.5 Å². The number of aryl methyl sites for hydroxylation is 2. The maximum absolute atomic E-state index is 13.5. The van der Waals surface area contributed by atoms with Gasteiger partial charge in [0.15, 0.2) is 0 Å². The minimum absolute atomic E-state index is 0.142. The molecule has 0 aliphatic carbocycles. The van der Waals surface area contributed by atoms with Gasteiger partial charge in [-0.1, -0.05) is 23.8 Å². The standard InChI is InChI=1S/C15H14F2S/c1-10-6-7-11(2)15(8-10)18-9-12-13(16)4-3-5-14(12)17/h3-8H,9H2,1-2H3.